The summed E-state index contributed by atoms with van der Waals surface area (Å²) in [6, 6.07) is 0.484. The molecule has 1 N–H and O–H groups in total. The molecule has 0 aromatic carbocycles. The average molecular weight is 254 g/mol. The van der Waals surface area contributed by atoms with Crippen LogP contribution in [0.3, 0.4) is 0 Å². The molecule has 0 amide bonds. The van der Waals surface area contributed by atoms with Crippen molar-refractivity contribution in [1.29, 1.82) is 0 Å². The summed E-state index contributed by atoms with van der Waals surface area (Å²) in [5.74, 6) is 0.615. The maximum absolute atomic E-state index is 5.66. The van der Waals surface area contributed by atoms with Gasteiger partial charge in [0.25, 0.3) is 0 Å². The molecule has 17 heavy (non-hydrogen) atoms. The van der Waals surface area contributed by atoms with Crippen LogP contribution in [0.2, 0.25) is 0 Å². The molecule has 1 aliphatic heterocycles. The van der Waals surface area contributed by atoms with E-state index in [1.54, 1.807) is 0 Å². The van der Waals surface area contributed by atoms with E-state index in [2.05, 4.69) is 31.1 Å². The summed E-state index contributed by atoms with van der Waals surface area (Å²) in [6.45, 7) is 7.32. The summed E-state index contributed by atoms with van der Waals surface area (Å²) in [7, 11) is 2.04. The molecule has 1 aromatic rings. The van der Waals surface area contributed by atoms with Gasteiger partial charge in [-0.15, -0.1) is 11.3 Å². The minimum Gasteiger partial charge on any atom is -0.378 e. The highest BCUT2D eigenvalue weighted by molar-refractivity contribution is 7.11. The average Bonchev–Trinajstić information content (AvgIpc) is 2.83. The number of ether oxygens (including phenoxy) is 1. The third-order valence-electron chi connectivity index (χ3n) is 3.79. The van der Waals surface area contributed by atoms with Gasteiger partial charge in [-0.2, -0.15) is 0 Å². The third-order valence-corrected chi connectivity index (χ3v) is 4.89. The van der Waals surface area contributed by atoms with Crippen molar-refractivity contribution in [2.45, 2.75) is 45.8 Å². The molecule has 1 aliphatic rings. The Bertz CT molecular complexity index is 358. The fourth-order valence-corrected chi connectivity index (χ4v) is 3.55. The van der Waals surface area contributed by atoms with E-state index in [0.717, 1.165) is 19.4 Å². The smallest absolute Gasteiger partial charge is 0.0946 e. The second-order valence-corrected chi connectivity index (χ2v) is 6.16. The molecule has 4 heteroatoms. The van der Waals surface area contributed by atoms with E-state index in [9.17, 15) is 0 Å². The predicted molar refractivity (Wildman–Crippen MR) is 71.7 cm³/mol. The number of aromatic nitrogens is 1. The lowest BCUT2D eigenvalue weighted by Gasteiger charge is -2.24. The minimum absolute atomic E-state index is 0.370. The highest BCUT2D eigenvalue weighted by Gasteiger charge is 2.31. The first-order valence-corrected chi connectivity index (χ1v) is 7.15. The Balaban J connectivity index is 2.04. The van der Waals surface area contributed by atoms with Gasteiger partial charge in [0, 0.05) is 29.9 Å². The Hall–Kier alpha value is -0.450. The minimum atomic E-state index is 0.370. The molecular formula is C13H22N2OS. The van der Waals surface area contributed by atoms with Gasteiger partial charge in [0.15, 0.2) is 0 Å². The number of nitrogens with one attached hydrogen (secondary N) is 1. The molecule has 96 valence electrons. The van der Waals surface area contributed by atoms with Crippen LogP contribution in [0.25, 0.3) is 0 Å². The molecule has 3 nitrogen and oxygen atoms in total. The van der Waals surface area contributed by atoms with Gasteiger partial charge in [-0.1, -0.05) is 0 Å². The first kappa shape index (κ1) is 13.0. The Labute approximate surface area is 108 Å². The van der Waals surface area contributed by atoms with E-state index in [0.29, 0.717) is 18.1 Å². The Morgan fingerprint density at radius 1 is 1.53 bits per heavy atom. The van der Waals surface area contributed by atoms with Crippen molar-refractivity contribution in [2.75, 3.05) is 13.7 Å². The zero-order valence-corrected chi connectivity index (χ0v) is 11.9. The Kier molecular flexibility index (Phi) is 4.17. The van der Waals surface area contributed by atoms with Crippen LogP contribution in [0.5, 0.6) is 0 Å². The van der Waals surface area contributed by atoms with Crippen molar-refractivity contribution in [3.8, 4) is 0 Å². The number of nitrogens with zero attached hydrogens (tertiary/aromatic N) is 1. The Morgan fingerprint density at radius 2 is 2.29 bits per heavy atom. The number of likely N-dealkylation sites (N-methyl/N-ethyl adjacent to an activating group) is 1. The van der Waals surface area contributed by atoms with E-state index in [1.165, 1.54) is 15.6 Å². The van der Waals surface area contributed by atoms with E-state index in [-0.39, 0.29) is 0 Å². The van der Waals surface area contributed by atoms with Crippen LogP contribution in [-0.2, 0) is 11.2 Å². The molecule has 0 radical (unpaired) electrons. The molecule has 0 bridgehead atoms. The van der Waals surface area contributed by atoms with Crippen molar-refractivity contribution in [1.82, 2.24) is 10.3 Å². The van der Waals surface area contributed by atoms with E-state index < -0.39 is 0 Å². The molecule has 1 fully saturated rings. The van der Waals surface area contributed by atoms with Crippen molar-refractivity contribution >= 4 is 11.3 Å². The molecule has 1 aromatic heterocycles. The van der Waals surface area contributed by atoms with Crippen LogP contribution >= 0.6 is 11.3 Å². The molecule has 0 aliphatic carbocycles. The summed E-state index contributed by atoms with van der Waals surface area (Å²) in [5, 5.41) is 4.69. The lowest BCUT2D eigenvalue weighted by atomic mass is 9.91. The Morgan fingerprint density at radius 3 is 2.76 bits per heavy atom. The van der Waals surface area contributed by atoms with Crippen LogP contribution < -0.4 is 5.32 Å². The summed E-state index contributed by atoms with van der Waals surface area (Å²) in [4.78, 5) is 5.97. The van der Waals surface area contributed by atoms with E-state index in [1.807, 2.05) is 18.4 Å². The molecule has 0 spiro atoms. The maximum Gasteiger partial charge on any atom is 0.0946 e. The monoisotopic (exact) mass is 254 g/mol. The summed E-state index contributed by atoms with van der Waals surface area (Å²) < 4.78 is 5.66. The van der Waals surface area contributed by atoms with Gasteiger partial charge in [0.2, 0.25) is 0 Å². The van der Waals surface area contributed by atoms with Crippen molar-refractivity contribution in [3.05, 3.63) is 15.6 Å². The third kappa shape index (κ3) is 2.87. The molecule has 1 saturated heterocycles. The van der Waals surface area contributed by atoms with Crippen molar-refractivity contribution in [2.24, 2.45) is 5.92 Å². The number of rotatable bonds is 4. The molecule has 2 rings (SSSR count). The number of hydrogen-bond acceptors (Lipinski definition) is 4. The summed E-state index contributed by atoms with van der Waals surface area (Å²) in [6.07, 6.45) is 2.55. The first-order chi connectivity index (χ1) is 8.11. The zero-order valence-electron chi connectivity index (χ0n) is 11.1. The first-order valence-electron chi connectivity index (χ1n) is 6.33. The van der Waals surface area contributed by atoms with E-state index in [4.69, 9.17) is 4.74 Å². The van der Waals surface area contributed by atoms with Gasteiger partial charge in [-0.05, 0) is 34.2 Å². The van der Waals surface area contributed by atoms with Crippen LogP contribution in [0, 0.1) is 19.8 Å². The van der Waals surface area contributed by atoms with Gasteiger partial charge in [-0.25, -0.2) is 4.98 Å². The molecule has 3 unspecified atom stereocenters. The number of hydrogen-bond donors (Lipinski definition) is 1. The van der Waals surface area contributed by atoms with Gasteiger partial charge in [0.05, 0.1) is 16.8 Å². The summed E-state index contributed by atoms with van der Waals surface area (Å²) >= 11 is 1.83. The van der Waals surface area contributed by atoms with Crippen LogP contribution in [0.4, 0.5) is 0 Å². The van der Waals surface area contributed by atoms with Gasteiger partial charge in [0.1, 0.15) is 0 Å². The van der Waals surface area contributed by atoms with Gasteiger partial charge in [-0.3, -0.25) is 0 Å². The second-order valence-electron chi connectivity index (χ2n) is 4.88. The topological polar surface area (TPSA) is 34.2 Å². The van der Waals surface area contributed by atoms with Crippen molar-refractivity contribution in [3.63, 3.8) is 0 Å². The molecule has 2 heterocycles. The largest absolute Gasteiger partial charge is 0.378 e. The standard InChI is InChI=1S/C13H22N2OS/c1-8-10(3)17-13(15-8)7-12(14-4)11-5-6-16-9(11)2/h9,11-12,14H,5-7H2,1-4H3. The lowest BCUT2D eigenvalue weighted by Crippen LogP contribution is -2.38. The SMILES string of the molecule is CNC(Cc1nc(C)c(C)s1)C1CCOC1C. The fraction of sp³-hybridized carbons (Fsp3) is 0.769. The van der Waals surface area contributed by atoms with Crippen molar-refractivity contribution < 1.29 is 4.74 Å². The molecular weight excluding hydrogens is 232 g/mol. The quantitative estimate of drug-likeness (QED) is 0.895. The zero-order chi connectivity index (χ0) is 12.4. The highest BCUT2D eigenvalue weighted by Crippen LogP contribution is 2.27. The van der Waals surface area contributed by atoms with Crippen LogP contribution in [0.1, 0.15) is 28.9 Å². The summed E-state index contributed by atoms with van der Waals surface area (Å²) in [5.41, 5.74) is 1.18. The highest BCUT2D eigenvalue weighted by atomic mass is 32.1. The lowest BCUT2D eigenvalue weighted by molar-refractivity contribution is 0.0963. The number of aryl methyl sites for hydroxylation is 2. The van der Waals surface area contributed by atoms with Crippen LogP contribution in [0.15, 0.2) is 0 Å². The second kappa shape index (κ2) is 5.46. The van der Waals surface area contributed by atoms with Gasteiger partial charge >= 0.3 is 0 Å². The fourth-order valence-electron chi connectivity index (χ4n) is 2.56. The van der Waals surface area contributed by atoms with Gasteiger partial charge < -0.3 is 10.1 Å². The van der Waals surface area contributed by atoms with Crippen LogP contribution in [-0.4, -0.2) is 30.8 Å². The predicted octanol–water partition coefficient (Wildman–Crippen LogP) is 2.32. The van der Waals surface area contributed by atoms with E-state index >= 15 is 0 Å². The molecule has 0 saturated carbocycles. The number of thiazole rings is 1. The normalized spacial score (nSPS) is 26.4. The molecule has 3 atom stereocenters. The maximum atomic E-state index is 5.66.